The average Bonchev–Trinajstić information content (AvgIpc) is 2.65. The molecule has 0 rings (SSSR count). The SMILES string of the molecule is CCC=CC=CC=CCCC=CC(=O)NCC(O)(CC)CCCCCC. The topological polar surface area (TPSA) is 49.3 Å². The predicted molar refractivity (Wildman–Crippen MR) is 113 cm³/mol. The summed E-state index contributed by atoms with van der Waals surface area (Å²) in [7, 11) is 0. The maximum Gasteiger partial charge on any atom is 0.243 e. The van der Waals surface area contributed by atoms with Crippen molar-refractivity contribution in [2.24, 2.45) is 0 Å². The van der Waals surface area contributed by atoms with Gasteiger partial charge in [0.15, 0.2) is 0 Å². The zero-order valence-electron chi connectivity index (χ0n) is 17.0. The molecule has 1 unspecified atom stereocenters. The van der Waals surface area contributed by atoms with Crippen molar-refractivity contribution in [3.05, 3.63) is 48.6 Å². The Morgan fingerprint density at radius 3 is 2.27 bits per heavy atom. The van der Waals surface area contributed by atoms with Gasteiger partial charge in [0, 0.05) is 6.54 Å². The Kier molecular flexibility index (Phi) is 15.8. The molecule has 26 heavy (non-hydrogen) atoms. The van der Waals surface area contributed by atoms with Gasteiger partial charge in [-0.05, 0) is 38.2 Å². The quantitative estimate of drug-likeness (QED) is 0.226. The molecule has 0 radical (unpaired) electrons. The average molecular weight is 362 g/mol. The summed E-state index contributed by atoms with van der Waals surface area (Å²) >= 11 is 0. The molecular formula is C23H39NO2. The van der Waals surface area contributed by atoms with Crippen LogP contribution < -0.4 is 5.32 Å². The maximum absolute atomic E-state index is 11.9. The van der Waals surface area contributed by atoms with Crippen LogP contribution in [-0.4, -0.2) is 23.2 Å². The van der Waals surface area contributed by atoms with Crippen LogP contribution in [0.5, 0.6) is 0 Å². The normalized spacial score (nSPS) is 14.8. The molecule has 2 N–H and O–H groups in total. The number of aliphatic hydroxyl groups is 1. The van der Waals surface area contributed by atoms with E-state index in [4.69, 9.17) is 0 Å². The van der Waals surface area contributed by atoms with Gasteiger partial charge in [-0.3, -0.25) is 4.79 Å². The number of nitrogens with one attached hydrogen (secondary N) is 1. The Balaban J connectivity index is 3.97. The predicted octanol–water partition coefficient (Wildman–Crippen LogP) is 5.63. The molecule has 0 saturated heterocycles. The number of allylic oxidation sites excluding steroid dienone is 7. The third-order valence-corrected chi connectivity index (χ3v) is 4.36. The molecule has 0 aliphatic rings. The van der Waals surface area contributed by atoms with E-state index in [-0.39, 0.29) is 5.91 Å². The van der Waals surface area contributed by atoms with Crippen molar-refractivity contribution in [1.82, 2.24) is 5.32 Å². The lowest BCUT2D eigenvalue weighted by molar-refractivity contribution is -0.117. The van der Waals surface area contributed by atoms with Crippen molar-refractivity contribution >= 4 is 5.91 Å². The fourth-order valence-corrected chi connectivity index (χ4v) is 2.48. The van der Waals surface area contributed by atoms with Gasteiger partial charge in [0.2, 0.25) is 5.91 Å². The molecule has 0 heterocycles. The first-order valence-electron chi connectivity index (χ1n) is 10.2. The highest BCUT2D eigenvalue weighted by Crippen LogP contribution is 2.18. The van der Waals surface area contributed by atoms with Crippen LogP contribution in [0, 0.1) is 0 Å². The van der Waals surface area contributed by atoms with Crippen LogP contribution in [0.25, 0.3) is 0 Å². The van der Waals surface area contributed by atoms with E-state index >= 15 is 0 Å². The molecule has 0 bridgehead atoms. The van der Waals surface area contributed by atoms with Crippen LogP contribution in [0.1, 0.15) is 78.6 Å². The van der Waals surface area contributed by atoms with Crippen LogP contribution in [0.2, 0.25) is 0 Å². The van der Waals surface area contributed by atoms with Crippen molar-refractivity contribution in [1.29, 1.82) is 0 Å². The lowest BCUT2D eigenvalue weighted by Crippen LogP contribution is -2.42. The first-order chi connectivity index (χ1) is 12.6. The molecule has 0 saturated carbocycles. The van der Waals surface area contributed by atoms with Crippen molar-refractivity contribution in [2.75, 3.05) is 6.54 Å². The van der Waals surface area contributed by atoms with Gasteiger partial charge < -0.3 is 10.4 Å². The van der Waals surface area contributed by atoms with E-state index in [1.54, 1.807) is 6.08 Å². The molecule has 1 amide bonds. The highest BCUT2D eigenvalue weighted by molar-refractivity contribution is 5.87. The smallest absolute Gasteiger partial charge is 0.243 e. The number of unbranched alkanes of at least 4 members (excludes halogenated alkanes) is 4. The van der Waals surface area contributed by atoms with Gasteiger partial charge >= 0.3 is 0 Å². The zero-order chi connectivity index (χ0) is 19.5. The van der Waals surface area contributed by atoms with Crippen molar-refractivity contribution in [2.45, 2.75) is 84.2 Å². The molecule has 0 aromatic heterocycles. The lowest BCUT2D eigenvalue weighted by Gasteiger charge is -2.27. The molecule has 0 fully saturated rings. The van der Waals surface area contributed by atoms with Crippen LogP contribution >= 0.6 is 0 Å². The molecule has 0 aliphatic carbocycles. The highest BCUT2D eigenvalue weighted by Gasteiger charge is 2.24. The summed E-state index contributed by atoms with van der Waals surface area (Å²) in [6.45, 7) is 6.59. The number of carbonyl (C=O) groups is 1. The van der Waals surface area contributed by atoms with Gasteiger partial charge in [-0.1, -0.05) is 89.0 Å². The molecule has 3 nitrogen and oxygen atoms in total. The van der Waals surface area contributed by atoms with Crippen LogP contribution in [-0.2, 0) is 4.79 Å². The Bertz CT molecular complexity index is 463. The minimum absolute atomic E-state index is 0.126. The minimum atomic E-state index is -0.779. The second kappa shape index (κ2) is 16.8. The summed E-state index contributed by atoms with van der Waals surface area (Å²) in [6.07, 6.45) is 24.5. The van der Waals surface area contributed by atoms with E-state index in [2.05, 4.69) is 31.3 Å². The first-order valence-corrected chi connectivity index (χ1v) is 10.2. The molecule has 148 valence electrons. The summed E-state index contributed by atoms with van der Waals surface area (Å²) in [5, 5.41) is 13.4. The lowest BCUT2D eigenvalue weighted by atomic mass is 9.93. The van der Waals surface area contributed by atoms with E-state index in [0.29, 0.717) is 13.0 Å². The Morgan fingerprint density at radius 1 is 0.923 bits per heavy atom. The van der Waals surface area contributed by atoms with Crippen molar-refractivity contribution in [3.8, 4) is 0 Å². The van der Waals surface area contributed by atoms with E-state index in [1.807, 2.05) is 37.3 Å². The standard InChI is InChI=1S/C23H39NO2/c1-4-7-9-11-12-13-14-15-16-17-19-22(25)24-21-23(26,6-3)20-18-10-8-5-2/h7,9,11-14,17,19,26H,4-6,8,10,15-16,18,20-21H2,1-3H3,(H,24,25). The van der Waals surface area contributed by atoms with Gasteiger partial charge in [-0.15, -0.1) is 0 Å². The fraction of sp³-hybridized carbons (Fsp3) is 0.609. The molecule has 1 atom stereocenters. The summed E-state index contributed by atoms with van der Waals surface area (Å²) in [5.74, 6) is -0.126. The number of amides is 1. The largest absolute Gasteiger partial charge is 0.388 e. The molecule has 0 spiro atoms. The summed E-state index contributed by atoms with van der Waals surface area (Å²) in [5.41, 5.74) is -0.779. The zero-order valence-corrected chi connectivity index (χ0v) is 17.0. The number of hydrogen-bond acceptors (Lipinski definition) is 2. The third kappa shape index (κ3) is 14.7. The number of carbonyl (C=O) groups excluding carboxylic acids is 1. The summed E-state index contributed by atoms with van der Waals surface area (Å²) in [6, 6.07) is 0. The first kappa shape index (κ1) is 24.4. The summed E-state index contributed by atoms with van der Waals surface area (Å²) < 4.78 is 0. The van der Waals surface area contributed by atoms with Gasteiger partial charge in [0.05, 0.1) is 5.60 Å². The van der Waals surface area contributed by atoms with Gasteiger partial charge in [-0.2, -0.15) is 0 Å². The second-order valence-corrected chi connectivity index (χ2v) is 6.74. The van der Waals surface area contributed by atoms with Crippen molar-refractivity contribution in [3.63, 3.8) is 0 Å². The van der Waals surface area contributed by atoms with E-state index < -0.39 is 5.60 Å². The number of hydrogen-bond donors (Lipinski definition) is 2. The Labute approximate surface area is 161 Å². The molecule has 3 heteroatoms. The Morgan fingerprint density at radius 2 is 1.62 bits per heavy atom. The number of rotatable bonds is 15. The van der Waals surface area contributed by atoms with E-state index in [9.17, 15) is 9.90 Å². The van der Waals surface area contributed by atoms with Gasteiger partial charge in [0.25, 0.3) is 0 Å². The molecule has 0 aromatic rings. The van der Waals surface area contributed by atoms with Crippen LogP contribution in [0.4, 0.5) is 0 Å². The monoisotopic (exact) mass is 361 g/mol. The van der Waals surface area contributed by atoms with Crippen LogP contribution in [0.15, 0.2) is 48.6 Å². The molecule has 0 aliphatic heterocycles. The third-order valence-electron chi connectivity index (χ3n) is 4.36. The second-order valence-electron chi connectivity index (χ2n) is 6.74. The van der Waals surface area contributed by atoms with E-state index in [0.717, 1.165) is 38.5 Å². The van der Waals surface area contributed by atoms with Gasteiger partial charge in [-0.25, -0.2) is 0 Å². The summed E-state index contributed by atoms with van der Waals surface area (Å²) in [4.78, 5) is 11.9. The molecular weight excluding hydrogens is 322 g/mol. The highest BCUT2D eigenvalue weighted by atomic mass is 16.3. The minimum Gasteiger partial charge on any atom is -0.388 e. The van der Waals surface area contributed by atoms with Crippen LogP contribution in [0.3, 0.4) is 0 Å². The van der Waals surface area contributed by atoms with E-state index in [1.165, 1.54) is 12.8 Å². The van der Waals surface area contributed by atoms with Crippen molar-refractivity contribution < 1.29 is 9.90 Å². The van der Waals surface area contributed by atoms with Gasteiger partial charge in [0.1, 0.15) is 0 Å². The Hall–Kier alpha value is -1.61. The molecule has 0 aromatic carbocycles. The maximum atomic E-state index is 11.9. The fourth-order valence-electron chi connectivity index (χ4n) is 2.48.